The van der Waals surface area contributed by atoms with Crippen molar-refractivity contribution < 1.29 is 21.6 Å². The first-order valence-electron chi connectivity index (χ1n) is 10.1. The third-order valence-corrected chi connectivity index (χ3v) is 9.96. The molecule has 1 atom stereocenters. The zero-order valence-electron chi connectivity index (χ0n) is 17.8. The average Bonchev–Trinajstić information content (AvgIpc) is 3.37. The van der Waals surface area contributed by atoms with Crippen LogP contribution in [-0.4, -0.2) is 68.6 Å². The second-order valence-corrected chi connectivity index (χ2v) is 12.2. The number of amides is 1. The maximum atomic E-state index is 13.5. The highest BCUT2D eigenvalue weighted by atomic mass is 32.2. The number of likely N-dealkylation sites (N-methyl/N-ethyl adjacent to an activating group) is 1. The fourth-order valence-corrected chi connectivity index (χ4v) is 8.06. The highest BCUT2D eigenvalue weighted by Gasteiger charge is 2.36. The van der Waals surface area contributed by atoms with Crippen molar-refractivity contribution in [1.82, 2.24) is 14.7 Å². The molecule has 1 saturated heterocycles. The van der Waals surface area contributed by atoms with Crippen molar-refractivity contribution in [2.24, 2.45) is 0 Å². The van der Waals surface area contributed by atoms with Crippen molar-refractivity contribution in [1.29, 1.82) is 0 Å². The first-order valence-corrected chi connectivity index (χ1v) is 13.4. The number of aromatic nitrogens is 2. The maximum Gasteiger partial charge on any atom is 0.268 e. The molecule has 0 aliphatic carbocycles. The summed E-state index contributed by atoms with van der Waals surface area (Å²) in [6.45, 7) is 3.48. The van der Waals surface area contributed by atoms with Gasteiger partial charge in [-0.05, 0) is 38.3 Å². The minimum Gasteiger partial charge on any atom is -0.340 e. The molecule has 31 heavy (non-hydrogen) atoms. The van der Waals surface area contributed by atoms with Crippen molar-refractivity contribution >= 4 is 31.5 Å². The van der Waals surface area contributed by atoms with Crippen LogP contribution in [0.1, 0.15) is 23.4 Å². The SMILES string of the molecule is Cc1nn(CC(=O)N(C)C2CCS(=O)(=O)C2)c(C)c1S(=O)(=O)N1CCc2ccccc21. The number of sulfone groups is 1. The van der Waals surface area contributed by atoms with Gasteiger partial charge in [0.2, 0.25) is 5.91 Å². The fourth-order valence-electron chi connectivity index (χ4n) is 4.40. The summed E-state index contributed by atoms with van der Waals surface area (Å²) in [5, 5.41) is 4.33. The minimum atomic E-state index is -3.83. The molecule has 1 unspecified atom stereocenters. The van der Waals surface area contributed by atoms with Gasteiger partial charge in [-0.2, -0.15) is 5.10 Å². The molecule has 4 rings (SSSR count). The largest absolute Gasteiger partial charge is 0.340 e. The van der Waals surface area contributed by atoms with Gasteiger partial charge >= 0.3 is 0 Å². The number of sulfonamides is 1. The summed E-state index contributed by atoms with van der Waals surface area (Å²) in [7, 11) is -5.36. The zero-order chi connectivity index (χ0) is 22.6. The van der Waals surface area contributed by atoms with E-state index in [1.807, 2.05) is 18.2 Å². The Hall–Kier alpha value is -2.40. The van der Waals surface area contributed by atoms with E-state index in [2.05, 4.69) is 5.10 Å². The second kappa shape index (κ2) is 7.63. The van der Waals surface area contributed by atoms with E-state index in [0.717, 1.165) is 5.56 Å². The molecule has 1 amide bonds. The topological polar surface area (TPSA) is 110 Å². The van der Waals surface area contributed by atoms with Crippen molar-refractivity contribution in [2.75, 3.05) is 29.4 Å². The van der Waals surface area contributed by atoms with Crippen molar-refractivity contribution in [2.45, 2.75) is 44.2 Å². The zero-order valence-corrected chi connectivity index (χ0v) is 19.4. The molecule has 2 aliphatic heterocycles. The molecular weight excluding hydrogens is 440 g/mol. The van der Waals surface area contributed by atoms with Gasteiger partial charge in [-0.1, -0.05) is 18.2 Å². The number of hydrogen-bond acceptors (Lipinski definition) is 6. The number of rotatable bonds is 5. The molecule has 11 heteroatoms. The fraction of sp³-hybridized carbons (Fsp3) is 0.500. The average molecular weight is 467 g/mol. The minimum absolute atomic E-state index is 0.0413. The lowest BCUT2D eigenvalue weighted by molar-refractivity contribution is -0.132. The van der Waals surface area contributed by atoms with Crippen LogP contribution >= 0.6 is 0 Å². The third kappa shape index (κ3) is 3.84. The normalized spacial score (nSPS) is 20.1. The van der Waals surface area contributed by atoms with Gasteiger partial charge in [0, 0.05) is 19.6 Å². The van der Waals surface area contributed by atoms with Crippen LogP contribution in [0, 0.1) is 13.8 Å². The Labute approximate surface area is 182 Å². The quantitative estimate of drug-likeness (QED) is 0.648. The molecule has 9 nitrogen and oxygen atoms in total. The van der Waals surface area contributed by atoms with Gasteiger partial charge in [0.15, 0.2) is 9.84 Å². The van der Waals surface area contributed by atoms with Gasteiger partial charge < -0.3 is 4.90 Å². The summed E-state index contributed by atoms with van der Waals surface area (Å²) >= 11 is 0. The molecule has 1 fully saturated rings. The van der Waals surface area contributed by atoms with E-state index in [9.17, 15) is 21.6 Å². The Bertz CT molecular complexity index is 1250. The van der Waals surface area contributed by atoms with Gasteiger partial charge in [-0.15, -0.1) is 0 Å². The third-order valence-electron chi connectivity index (χ3n) is 6.14. The molecule has 0 saturated carbocycles. The van der Waals surface area contributed by atoms with E-state index in [0.29, 0.717) is 36.5 Å². The molecule has 1 aromatic heterocycles. The lowest BCUT2D eigenvalue weighted by Crippen LogP contribution is -2.40. The monoisotopic (exact) mass is 466 g/mol. The van der Waals surface area contributed by atoms with E-state index in [1.54, 1.807) is 27.0 Å². The van der Waals surface area contributed by atoms with Crippen LogP contribution < -0.4 is 4.31 Å². The van der Waals surface area contributed by atoms with E-state index < -0.39 is 19.9 Å². The molecule has 0 N–H and O–H groups in total. The van der Waals surface area contributed by atoms with Crippen LogP contribution in [0.5, 0.6) is 0 Å². The van der Waals surface area contributed by atoms with Gasteiger partial charge in [0.05, 0.1) is 28.6 Å². The van der Waals surface area contributed by atoms with Gasteiger partial charge in [0.1, 0.15) is 11.4 Å². The molecule has 0 radical (unpaired) electrons. The van der Waals surface area contributed by atoms with Crippen molar-refractivity contribution in [3.63, 3.8) is 0 Å². The van der Waals surface area contributed by atoms with Crippen LogP contribution in [0.4, 0.5) is 5.69 Å². The van der Waals surface area contributed by atoms with Crippen LogP contribution in [0.3, 0.4) is 0 Å². The Kier molecular flexibility index (Phi) is 5.37. The highest BCUT2D eigenvalue weighted by Crippen LogP contribution is 2.34. The summed E-state index contributed by atoms with van der Waals surface area (Å²) in [5.41, 5.74) is 2.38. The van der Waals surface area contributed by atoms with Gasteiger partial charge in [-0.25, -0.2) is 16.8 Å². The summed E-state index contributed by atoms with van der Waals surface area (Å²) in [6, 6.07) is 7.06. The smallest absolute Gasteiger partial charge is 0.268 e. The number of carbonyl (C=O) groups excluding carboxylic acids is 1. The van der Waals surface area contributed by atoms with E-state index in [4.69, 9.17) is 0 Å². The second-order valence-electron chi connectivity index (χ2n) is 8.17. The van der Waals surface area contributed by atoms with Gasteiger partial charge in [-0.3, -0.25) is 13.8 Å². The molecule has 168 valence electrons. The number of hydrogen-bond donors (Lipinski definition) is 0. The molecule has 2 aliphatic rings. The van der Waals surface area contributed by atoms with Crippen LogP contribution in [-0.2, 0) is 37.6 Å². The molecule has 0 spiro atoms. The highest BCUT2D eigenvalue weighted by molar-refractivity contribution is 7.93. The first-order chi connectivity index (χ1) is 14.5. The number of aryl methyl sites for hydroxylation is 1. The van der Waals surface area contributed by atoms with Crippen LogP contribution in [0.25, 0.3) is 0 Å². The predicted octanol–water partition coefficient (Wildman–Crippen LogP) is 0.897. The van der Waals surface area contributed by atoms with Crippen LogP contribution in [0.15, 0.2) is 29.2 Å². The number of anilines is 1. The number of benzene rings is 1. The number of fused-ring (bicyclic) bond motifs is 1. The number of para-hydroxylation sites is 1. The summed E-state index contributed by atoms with van der Waals surface area (Å²) in [6.07, 6.45) is 1.06. The van der Waals surface area contributed by atoms with Crippen molar-refractivity contribution in [3.8, 4) is 0 Å². The molecule has 1 aromatic carbocycles. The summed E-state index contributed by atoms with van der Waals surface area (Å²) in [5.74, 6) is -0.266. The van der Waals surface area contributed by atoms with Crippen LogP contribution in [0.2, 0.25) is 0 Å². The summed E-state index contributed by atoms with van der Waals surface area (Å²) in [4.78, 5) is 14.3. The van der Waals surface area contributed by atoms with E-state index in [1.165, 1.54) is 13.9 Å². The number of nitrogens with zero attached hydrogens (tertiary/aromatic N) is 4. The lowest BCUT2D eigenvalue weighted by Gasteiger charge is -2.23. The van der Waals surface area contributed by atoms with Crippen molar-refractivity contribution in [3.05, 3.63) is 41.2 Å². The Balaban J connectivity index is 1.59. The standard InChI is InChI=1S/C20H26N4O5S2/c1-14-20(31(28,29)24-10-8-16-6-4-5-7-18(16)24)15(2)23(21-14)12-19(25)22(3)17-9-11-30(26,27)13-17/h4-7,17H,8-13H2,1-3H3. The Morgan fingerprint density at radius 2 is 1.97 bits per heavy atom. The maximum absolute atomic E-state index is 13.5. The molecule has 2 aromatic rings. The molecule has 0 bridgehead atoms. The number of carbonyl (C=O) groups is 1. The Morgan fingerprint density at radius 1 is 1.26 bits per heavy atom. The van der Waals surface area contributed by atoms with E-state index >= 15 is 0 Å². The first kappa shape index (κ1) is 21.8. The lowest BCUT2D eigenvalue weighted by atomic mass is 10.2. The summed E-state index contributed by atoms with van der Waals surface area (Å²) < 4.78 is 53.2. The van der Waals surface area contributed by atoms with E-state index in [-0.39, 0.29) is 34.9 Å². The Morgan fingerprint density at radius 3 is 2.65 bits per heavy atom. The van der Waals surface area contributed by atoms with Gasteiger partial charge in [0.25, 0.3) is 10.0 Å². The molecular formula is C20H26N4O5S2. The predicted molar refractivity (Wildman–Crippen MR) is 116 cm³/mol. The molecule has 3 heterocycles.